The van der Waals surface area contributed by atoms with Crippen LogP contribution in [0.5, 0.6) is 5.75 Å². The Kier molecular flexibility index (Phi) is 8.74. The summed E-state index contributed by atoms with van der Waals surface area (Å²) >= 11 is 6.06. The zero-order chi connectivity index (χ0) is 15.9. The first-order valence-electron chi connectivity index (χ1n) is 7.92. The van der Waals surface area contributed by atoms with Crippen molar-refractivity contribution in [2.45, 2.75) is 26.2 Å². The zero-order valence-electron chi connectivity index (χ0n) is 13.8. The molecule has 1 aliphatic rings. The van der Waals surface area contributed by atoms with Crippen LogP contribution in [-0.4, -0.2) is 44.1 Å². The average molecular weight is 361 g/mol. The molecule has 0 bridgehead atoms. The van der Waals surface area contributed by atoms with Gasteiger partial charge in [0.1, 0.15) is 5.75 Å². The molecule has 0 radical (unpaired) electrons. The molecule has 2 rings (SSSR count). The molecule has 0 unspecified atom stereocenters. The van der Waals surface area contributed by atoms with Crippen molar-refractivity contribution in [3.8, 4) is 5.75 Å². The summed E-state index contributed by atoms with van der Waals surface area (Å²) in [6.45, 7) is 4.71. The first-order chi connectivity index (χ1) is 10.6. The minimum absolute atomic E-state index is 0. The van der Waals surface area contributed by atoms with Gasteiger partial charge in [0.2, 0.25) is 0 Å². The molecular weight excluding hydrogens is 335 g/mol. The van der Waals surface area contributed by atoms with Gasteiger partial charge in [-0.15, -0.1) is 12.4 Å². The molecule has 0 atom stereocenters. The molecule has 23 heavy (non-hydrogen) atoms. The number of nitrogens with one attached hydrogen (secondary N) is 1. The van der Waals surface area contributed by atoms with E-state index < -0.39 is 0 Å². The molecule has 1 saturated heterocycles. The Morgan fingerprint density at radius 2 is 2.09 bits per heavy atom. The highest BCUT2D eigenvalue weighted by Crippen LogP contribution is 2.25. The molecule has 0 spiro atoms. The Bertz CT molecular complexity index is 503. The van der Waals surface area contributed by atoms with Gasteiger partial charge in [-0.2, -0.15) is 0 Å². The largest absolute Gasteiger partial charge is 0.483 e. The van der Waals surface area contributed by atoms with Gasteiger partial charge in [-0.1, -0.05) is 17.7 Å². The minimum Gasteiger partial charge on any atom is -0.483 e. The van der Waals surface area contributed by atoms with Crippen LogP contribution in [0.15, 0.2) is 18.2 Å². The summed E-state index contributed by atoms with van der Waals surface area (Å²) in [6.07, 6.45) is 3.37. The molecule has 0 saturated carbocycles. The van der Waals surface area contributed by atoms with Crippen LogP contribution in [0.2, 0.25) is 5.02 Å². The van der Waals surface area contributed by atoms with Crippen LogP contribution in [0.1, 0.15) is 24.8 Å². The molecular formula is C17H26Cl2N2O2. The second-order valence-electron chi connectivity index (χ2n) is 5.87. The third-order valence-electron chi connectivity index (χ3n) is 4.34. The van der Waals surface area contributed by atoms with E-state index >= 15 is 0 Å². The quantitative estimate of drug-likeness (QED) is 0.845. The molecule has 1 N–H and O–H groups in total. The smallest absolute Gasteiger partial charge is 0.260 e. The van der Waals surface area contributed by atoms with Crippen molar-refractivity contribution in [3.63, 3.8) is 0 Å². The second kappa shape index (κ2) is 10.0. The maximum atomic E-state index is 12.2. The van der Waals surface area contributed by atoms with Gasteiger partial charge in [-0.25, -0.2) is 0 Å². The molecule has 1 amide bonds. The third-order valence-corrected chi connectivity index (χ3v) is 4.75. The molecule has 1 aromatic carbocycles. The summed E-state index contributed by atoms with van der Waals surface area (Å²) < 4.78 is 5.64. The summed E-state index contributed by atoms with van der Waals surface area (Å²) in [6, 6.07) is 5.50. The van der Waals surface area contributed by atoms with Gasteiger partial charge in [-0.3, -0.25) is 4.79 Å². The van der Waals surface area contributed by atoms with Gasteiger partial charge in [0.25, 0.3) is 5.91 Å². The van der Waals surface area contributed by atoms with Crippen LogP contribution >= 0.6 is 24.0 Å². The van der Waals surface area contributed by atoms with Crippen LogP contribution in [0.4, 0.5) is 0 Å². The van der Waals surface area contributed by atoms with E-state index in [2.05, 4.69) is 5.32 Å². The summed E-state index contributed by atoms with van der Waals surface area (Å²) in [7, 11) is 1.98. The van der Waals surface area contributed by atoms with E-state index in [1.807, 2.05) is 37.1 Å². The number of carbonyl (C=O) groups excluding carboxylic acids is 1. The van der Waals surface area contributed by atoms with Crippen molar-refractivity contribution >= 4 is 29.9 Å². The number of nitrogens with zero attached hydrogens (tertiary/aromatic N) is 1. The van der Waals surface area contributed by atoms with E-state index in [-0.39, 0.29) is 24.9 Å². The average Bonchev–Trinajstić information content (AvgIpc) is 2.54. The van der Waals surface area contributed by atoms with Crippen LogP contribution in [0.3, 0.4) is 0 Å². The lowest BCUT2D eigenvalue weighted by molar-refractivity contribution is -0.134. The van der Waals surface area contributed by atoms with Crippen molar-refractivity contribution in [1.29, 1.82) is 0 Å². The number of hydrogen-bond acceptors (Lipinski definition) is 3. The molecule has 1 heterocycles. The Balaban J connectivity index is 0.00000264. The number of carbonyl (C=O) groups is 1. The van der Waals surface area contributed by atoms with Crippen LogP contribution in [0.25, 0.3) is 0 Å². The standard InChI is InChI=1S/C17H25ClN2O2.ClH/c1-13-15(18)4-3-5-16(13)22-12-17(21)20-10-7-14(8-11-20)6-9-19-2;/h3-5,14,19H,6-12H2,1-2H3;1H. The van der Waals surface area contributed by atoms with E-state index in [0.717, 1.165) is 44.0 Å². The predicted molar refractivity (Wildman–Crippen MR) is 96.8 cm³/mol. The van der Waals surface area contributed by atoms with Gasteiger partial charge < -0.3 is 15.0 Å². The molecule has 130 valence electrons. The monoisotopic (exact) mass is 360 g/mol. The number of likely N-dealkylation sites (tertiary alicyclic amines) is 1. The summed E-state index contributed by atoms with van der Waals surface area (Å²) in [5.41, 5.74) is 0.878. The van der Waals surface area contributed by atoms with E-state index in [0.29, 0.717) is 10.8 Å². The van der Waals surface area contributed by atoms with Gasteiger partial charge in [0, 0.05) is 23.7 Å². The van der Waals surface area contributed by atoms with Crippen molar-refractivity contribution in [3.05, 3.63) is 28.8 Å². The lowest BCUT2D eigenvalue weighted by Gasteiger charge is -2.32. The van der Waals surface area contributed by atoms with Crippen LogP contribution in [-0.2, 0) is 4.79 Å². The van der Waals surface area contributed by atoms with Crippen molar-refractivity contribution in [1.82, 2.24) is 10.2 Å². The topological polar surface area (TPSA) is 41.6 Å². The number of halogens is 2. The summed E-state index contributed by atoms with van der Waals surface area (Å²) in [5.74, 6) is 1.48. The highest BCUT2D eigenvalue weighted by atomic mass is 35.5. The van der Waals surface area contributed by atoms with Crippen molar-refractivity contribution < 1.29 is 9.53 Å². The van der Waals surface area contributed by atoms with Gasteiger partial charge in [0.05, 0.1) is 0 Å². The molecule has 0 aromatic heterocycles. The fourth-order valence-corrected chi connectivity index (χ4v) is 2.96. The maximum absolute atomic E-state index is 12.2. The lowest BCUT2D eigenvalue weighted by atomic mass is 9.93. The molecule has 4 nitrogen and oxygen atoms in total. The van der Waals surface area contributed by atoms with E-state index in [4.69, 9.17) is 16.3 Å². The first kappa shape index (κ1) is 20.1. The highest BCUT2D eigenvalue weighted by Gasteiger charge is 2.22. The lowest BCUT2D eigenvalue weighted by Crippen LogP contribution is -2.41. The number of ether oxygens (including phenoxy) is 1. The fraction of sp³-hybridized carbons (Fsp3) is 0.588. The Morgan fingerprint density at radius 1 is 1.39 bits per heavy atom. The van der Waals surface area contributed by atoms with Gasteiger partial charge >= 0.3 is 0 Å². The van der Waals surface area contributed by atoms with Crippen molar-refractivity contribution in [2.75, 3.05) is 33.3 Å². The first-order valence-corrected chi connectivity index (χ1v) is 8.30. The third kappa shape index (κ3) is 5.87. The normalized spacial score (nSPS) is 15.2. The SMILES string of the molecule is CNCCC1CCN(C(=O)COc2cccc(Cl)c2C)CC1.Cl. The summed E-state index contributed by atoms with van der Waals surface area (Å²) in [5, 5.41) is 3.85. The molecule has 6 heteroatoms. The summed E-state index contributed by atoms with van der Waals surface area (Å²) in [4.78, 5) is 14.2. The Hall–Kier alpha value is -0.970. The zero-order valence-corrected chi connectivity index (χ0v) is 15.4. The number of amides is 1. The maximum Gasteiger partial charge on any atom is 0.260 e. The second-order valence-corrected chi connectivity index (χ2v) is 6.28. The van der Waals surface area contributed by atoms with Crippen molar-refractivity contribution in [2.24, 2.45) is 5.92 Å². The van der Waals surface area contributed by atoms with Gasteiger partial charge in [0.15, 0.2) is 6.61 Å². The molecule has 0 aliphatic carbocycles. The predicted octanol–water partition coefficient (Wildman–Crippen LogP) is 3.30. The number of benzene rings is 1. The number of hydrogen-bond donors (Lipinski definition) is 1. The van der Waals surface area contributed by atoms with Crippen LogP contribution < -0.4 is 10.1 Å². The fourth-order valence-electron chi connectivity index (χ4n) is 2.79. The molecule has 1 aliphatic heterocycles. The Morgan fingerprint density at radius 3 is 2.74 bits per heavy atom. The molecule has 1 fully saturated rings. The van der Waals surface area contributed by atoms with Gasteiger partial charge in [-0.05, 0) is 57.8 Å². The van der Waals surface area contributed by atoms with E-state index in [1.54, 1.807) is 0 Å². The highest BCUT2D eigenvalue weighted by molar-refractivity contribution is 6.31. The minimum atomic E-state index is 0. The Labute approximate surface area is 149 Å². The number of piperidine rings is 1. The number of rotatable bonds is 6. The molecule has 1 aromatic rings. The van der Waals surface area contributed by atoms with E-state index in [1.165, 1.54) is 6.42 Å². The van der Waals surface area contributed by atoms with E-state index in [9.17, 15) is 4.79 Å². The van der Waals surface area contributed by atoms with Crippen LogP contribution in [0, 0.1) is 12.8 Å².